The van der Waals surface area contributed by atoms with Crippen molar-refractivity contribution in [2.45, 2.75) is 63.4 Å². The van der Waals surface area contributed by atoms with Gasteiger partial charge in [0.2, 0.25) is 10.0 Å². The molecule has 2 unspecified atom stereocenters. The van der Waals surface area contributed by atoms with Crippen molar-refractivity contribution in [2.75, 3.05) is 19.6 Å². The molecule has 0 radical (unpaired) electrons. The molecule has 0 amide bonds. The highest BCUT2D eigenvalue weighted by Gasteiger charge is 2.38. The number of piperazine rings is 1. The zero-order valence-electron chi connectivity index (χ0n) is 20.5. The second-order valence-electron chi connectivity index (χ2n) is 9.25. The van der Waals surface area contributed by atoms with Crippen molar-refractivity contribution in [3.63, 3.8) is 0 Å². The van der Waals surface area contributed by atoms with Crippen LogP contribution in [0.5, 0.6) is 5.75 Å². The summed E-state index contributed by atoms with van der Waals surface area (Å²) in [7, 11) is -3.82. The molecule has 1 aliphatic heterocycles. The van der Waals surface area contributed by atoms with Gasteiger partial charge in [0.25, 0.3) is 0 Å². The van der Waals surface area contributed by atoms with Crippen LogP contribution in [0.3, 0.4) is 0 Å². The Morgan fingerprint density at radius 1 is 1.08 bits per heavy atom. The third-order valence-electron chi connectivity index (χ3n) is 6.25. The third-order valence-corrected chi connectivity index (χ3v) is 8.37. The summed E-state index contributed by atoms with van der Waals surface area (Å²) in [6, 6.07) is 9.84. The maximum absolute atomic E-state index is 13.5. The van der Waals surface area contributed by atoms with E-state index in [0.29, 0.717) is 25.1 Å². The van der Waals surface area contributed by atoms with Crippen LogP contribution >= 0.6 is 0 Å². The van der Waals surface area contributed by atoms with Gasteiger partial charge < -0.3 is 14.7 Å². The number of nitrogens with zero attached hydrogens (tertiary/aromatic N) is 2. The molecule has 0 aliphatic carbocycles. The lowest BCUT2D eigenvalue weighted by molar-refractivity contribution is -0.274. The lowest BCUT2D eigenvalue weighted by atomic mass is 10.1. The summed E-state index contributed by atoms with van der Waals surface area (Å²) >= 11 is 0. The van der Waals surface area contributed by atoms with Gasteiger partial charge in [-0.1, -0.05) is 18.2 Å². The van der Waals surface area contributed by atoms with Crippen LogP contribution < -0.4 is 4.74 Å². The van der Waals surface area contributed by atoms with Crippen molar-refractivity contribution in [2.24, 2.45) is 0 Å². The Kier molecular flexibility index (Phi) is 8.68. The lowest BCUT2D eigenvalue weighted by Gasteiger charge is -2.43. The normalized spacial score (nSPS) is 19.8. The minimum Gasteiger partial charge on any atom is -0.481 e. The van der Waals surface area contributed by atoms with E-state index in [9.17, 15) is 26.4 Å². The van der Waals surface area contributed by atoms with Crippen LogP contribution in [0, 0.1) is 6.92 Å². The fourth-order valence-corrected chi connectivity index (χ4v) is 6.58. The summed E-state index contributed by atoms with van der Waals surface area (Å²) in [4.78, 5) is 13.4. The van der Waals surface area contributed by atoms with Crippen LogP contribution in [-0.4, -0.2) is 66.8 Å². The molecule has 2 atom stereocenters. The number of ether oxygens (including phenoxy) is 1. The Morgan fingerprint density at radius 2 is 1.69 bits per heavy atom. The Morgan fingerprint density at radius 3 is 2.25 bits per heavy atom. The molecule has 2 aromatic rings. The standard InChI is InChI=1S/C25H31F3N2O5S/c1-17-6-11-23(13-21(17)14-24(31)32)36(33,34)30-18(2)15-29(16-19(30)3)12-4-5-20-7-9-22(10-8-20)35-25(26,27)28/h6-11,13,18-19H,4-5,12,14-16H2,1-3H3,(H,31,32). The van der Waals surface area contributed by atoms with Crippen molar-refractivity contribution in [3.8, 4) is 5.75 Å². The largest absolute Gasteiger partial charge is 0.573 e. The molecule has 1 fully saturated rings. The molecule has 0 saturated carbocycles. The van der Waals surface area contributed by atoms with Gasteiger partial charge in [-0.05, 0) is 81.1 Å². The number of sulfonamides is 1. The van der Waals surface area contributed by atoms with E-state index in [1.807, 2.05) is 13.8 Å². The van der Waals surface area contributed by atoms with Crippen LogP contribution in [0.2, 0.25) is 0 Å². The van der Waals surface area contributed by atoms with Gasteiger partial charge in [-0.2, -0.15) is 4.31 Å². The number of carboxylic acids is 1. The van der Waals surface area contributed by atoms with Gasteiger partial charge in [-0.25, -0.2) is 8.42 Å². The first kappa shape index (κ1) is 27.9. The molecule has 36 heavy (non-hydrogen) atoms. The van der Waals surface area contributed by atoms with E-state index in [4.69, 9.17) is 5.11 Å². The molecule has 1 saturated heterocycles. The summed E-state index contributed by atoms with van der Waals surface area (Å²) in [6.45, 7) is 7.25. The number of hydrogen-bond donors (Lipinski definition) is 1. The highest BCUT2D eigenvalue weighted by Crippen LogP contribution is 2.27. The van der Waals surface area contributed by atoms with Gasteiger partial charge in [0.1, 0.15) is 5.75 Å². The quantitative estimate of drug-likeness (QED) is 0.524. The molecule has 0 bridgehead atoms. The van der Waals surface area contributed by atoms with E-state index in [1.54, 1.807) is 25.1 Å². The van der Waals surface area contributed by atoms with Gasteiger partial charge in [0.15, 0.2) is 0 Å². The number of carbonyl (C=O) groups is 1. The molecule has 7 nitrogen and oxygen atoms in total. The fourth-order valence-electron chi connectivity index (χ4n) is 4.72. The number of carboxylic acid groups (broad SMARTS) is 1. The minimum absolute atomic E-state index is 0.0921. The van der Waals surface area contributed by atoms with Gasteiger partial charge >= 0.3 is 12.3 Å². The topological polar surface area (TPSA) is 87.2 Å². The summed E-state index contributed by atoms with van der Waals surface area (Å²) in [6.07, 6.45) is -3.53. The molecule has 11 heteroatoms. The van der Waals surface area contributed by atoms with Crippen LogP contribution in [0.15, 0.2) is 47.4 Å². The minimum atomic E-state index is -4.72. The van der Waals surface area contributed by atoms with Gasteiger partial charge in [-0.15, -0.1) is 13.2 Å². The molecular weight excluding hydrogens is 497 g/mol. The molecule has 0 aromatic heterocycles. The smallest absolute Gasteiger partial charge is 0.481 e. The molecular formula is C25H31F3N2O5S. The van der Waals surface area contributed by atoms with Crippen molar-refractivity contribution in [1.29, 1.82) is 0 Å². The third kappa shape index (κ3) is 7.21. The molecule has 1 N–H and O–H groups in total. The van der Waals surface area contributed by atoms with Crippen molar-refractivity contribution < 1.29 is 36.2 Å². The zero-order chi connectivity index (χ0) is 26.7. The van der Waals surface area contributed by atoms with Crippen molar-refractivity contribution in [3.05, 3.63) is 59.2 Å². The fraction of sp³-hybridized carbons (Fsp3) is 0.480. The number of hydrogen-bond acceptors (Lipinski definition) is 5. The Bertz CT molecular complexity index is 1160. The predicted octanol–water partition coefficient (Wildman–Crippen LogP) is 4.24. The van der Waals surface area contributed by atoms with Crippen molar-refractivity contribution >= 4 is 16.0 Å². The first-order valence-electron chi connectivity index (χ1n) is 11.7. The number of aliphatic carboxylic acids is 1. The molecule has 1 heterocycles. The maximum Gasteiger partial charge on any atom is 0.573 e. The molecule has 3 rings (SSSR count). The molecule has 1 aliphatic rings. The van der Waals surface area contributed by atoms with Gasteiger partial charge in [0.05, 0.1) is 11.3 Å². The second kappa shape index (κ2) is 11.2. The van der Waals surface area contributed by atoms with Gasteiger partial charge in [-0.3, -0.25) is 4.79 Å². The monoisotopic (exact) mass is 528 g/mol. The lowest BCUT2D eigenvalue weighted by Crippen LogP contribution is -2.58. The number of halogens is 3. The van der Waals surface area contributed by atoms with Crippen molar-refractivity contribution in [1.82, 2.24) is 9.21 Å². The van der Waals surface area contributed by atoms with E-state index < -0.39 is 22.4 Å². The highest BCUT2D eigenvalue weighted by atomic mass is 32.2. The SMILES string of the molecule is Cc1ccc(S(=O)(=O)N2C(C)CN(CCCc3ccc(OC(F)(F)F)cc3)CC2C)cc1CC(=O)O. The number of benzene rings is 2. The average molecular weight is 529 g/mol. The number of rotatable bonds is 9. The van der Waals surface area contributed by atoms with Crippen LogP contribution in [0.25, 0.3) is 0 Å². The van der Waals surface area contributed by atoms with E-state index in [-0.39, 0.29) is 29.1 Å². The maximum atomic E-state index is 13.5. The molecule has 2 aromatic carbocycles. The summed E-state index contributed by atoms with van der Waals surface area (Å²) in [5, 5.41) is 9.13. The Balaban J connectivity index is 1.60. The summed E-state index contributed by atoms with van der Waals surface area (Å²) < 4.78 is 69.2. The van der Waals surface area contributed by atoms with Crippen LogP contribution in [0.4, 0.5) is 13.2 Å². The van der Waals surface area contributed by atoms with Crippen LogP contribution in [0.1, 0.15) is 37.0 Å². The van der Waals surface area contributed by atoms with E-state index in [2.05, 4.69) is 9.64 Å². The average Bonchev–Trinajstić information content (AvgIpc) is 2.74. The Labute approximate surface area is 209 Å². The van der Waals surface area contributed by atoms with E-state index >= 15 is 0 Å². The van der Waals surface area contributed by atoms with E-state index in [0.717, 1.165) is 24.1 Å². The zero-order valence-corrected chi connectivity index (χ0v) is 21.3. The number of aryl methyl sites for hydroxylation is 2. The second-order valence-corrected chi connectivity index (χ2v) is 11.1. The van der Waals surface area contributed by atoms with E-state index in [1.165, 1.54) is 28.6 Å². The highest BCUT2D eigenvalue weighted by molar-refractivity contribution is 7.89. The molecule has 198 valence electrons. The van der Waals surface area contributed by atoms with Crippen LogP contribution in [-0.2, 0) is 27.7 Å². The van der Waals surface area contributed by atoms with Gasteiger partial charge in [0, 0.05) is 25.2 Å². The molecule has 0 spiro atoms. The summed E-state index contributed by atoms with van der Waals surface area (Å²) in [5.74, 6) is -1.27. The predicted molar refractivity (Wildman–Crippen MR) is 128 cm³/mol. The first-order chi connectivity index (χ1) is 16.8. The summed E-state index contributed by atoms with van der Waals surface area (Å²) in [5.41, 5.74) is 2.09. The Hall–Kier alpha value is -2.63. The number of alkyl halides is 3. The first-order valence-corrected chi connectivity index (χ1v) is 13.1.